The van der Waals surface area contributed by atoms with Crippen LogP contribution in [0.2, 0.25) is 0 Å². The summed E-state index contributed by atoms with van der Waals surface area (Å²) in [6.07, 6.45) is 1.69. The minimum Gasteiger partial charge on any atom is -0.211 e. The molecular formula is C21H29NO2S. The van der Waals surface area contributed by atoms with Gasteiger partial charge in [0, 0.05) is 6.54 Å². The van der Waals surface area contributed by atoms with Gasteiger partial charge in [-0.05, 0) is 60.9 Å². The Bertz CT molecular complexity index is 821. The maximum absolute atomic E-state index is 12.5. The lowest BCUT2D eigenvalue weighted by Gasteiger charge is -2.23. The topological polar surface area (TPSA) is 46.2 Å². The van der Waals surface area contributed by atoms with Gasteiger partial charge in [-0.1, -0.05) is 56.7 Å². The van der Waals surface area contributed by atoms with E-state index in [1.807, 2.05) is 12.1 Å². The second-order valence-corrected chi connectivity index (χ2v) is 9.11. The molecule has 0 aliphatic heterocycles. The van der Waals surface area contributed by atoms with E-state index >= 15 is 0 Å². The van der Waals surface area contributed by atoms with Crippen LogP contribution in [-0.2, 0) is 21.9 Å². The van der Waals surface area contributed by atoms with Crippen molar-refractivity contribution < 1.29 is 8.42 Å². The summed E-state index contributed by atoms with van der Waals surface area (Å²) >= 11 is 0. The van der Waals surface area contributed by atoms with Crippen LogP contribution in [0.4, 0.5) is 0 Å². The molecule has 2 aromatic rings. The van der Waals surface area contributed by atoms with Crippen LogP contribution >= 0.6 is 0 Å². The average molecular weight is 360 g/mol. The fraction of sp³-hybridized carbons (Fsp3) is 0.429. The van der Waals surface area contributed by atoms with Gasteiger partial charge in [-0.25, -0.2) is 13.1 Å². The van der Waals surface area contributed by atoms with Crippen molar-refractivity contribution in [2.45, 2.75) is 57.8 Å². The first-order valence-electron chi connectivity index (χ1n) is 8.82. The maximum Gasteiger partial charge on any atom is 0.240 e. The van der Waals surface area contributed by atoms with Gasteiger partial charge in [-0.2, -0.15) is 0 Å². The smallest absolute Gasteiger partial charge is 0.211 e. The summed E-state index contributed by atoms with van der Waals surface area (Å²) in [5.74, 6) is 0. The lowest BCUT2D eigenvalue weighted by atomic mass is 9.82. The Morgan fingerprint density at radius 1 is 1.00 bits per heavy atom. The standard InChI is InChI=1S/C21H29NO2S/c1-6-21(4,5)19-9-11-20(12-10-19)25(23,24)22-14-13-18-8-7-16(2)15-17(18)3/h7-12,15,22H,6,13-14H2,1-5H3. The molecule has 0 saturated carbocycles. The minimum absolute atomic E-state index is 0.0543. The first-order valence-corrected chi connectivity index (χ1v) is 10.3. The van der Waals surface area contributed by atoms with E-state index in [0.717, 1.165) is 12.0 Å². The predicted molar refractivity (Wildman–Crippen MR) is 105 cm³/mol. The molecule has 4 heteroatoms. The van der Waals surface area contributed by atoms with E-state index in [9.17, 15) is 8.42 Å². The quantitative estimate of drug-likeness (QED) is 0.790. The summed E-state index contributed by atoms with van der Waals surface area (Å²) in [6.45, 7) is 11.0. The predicted octanol–water partition coefficient (Wildman–Crippen LogP) is 4.51. The van der Waals surface area contributed by atoms with Crippen LogP contribution in [0.5, 0.6) is 0 Å². The molecule has 0 unspecified atom stereocenters. The van der Waals surface area contributed by atoms with Gasteiger partial charge in [0.1, 0.15) is 0 Å². The zero-order valence-electron chi connectivity index (χ0n) is 15.9. The van der Waals surface area contributed by atoms with Gasteiger partial charge in [-0.3, -0.25) is 0 Å². The monoisotopic (exact) mass is 359 g/mol. The number of hydrogen-bond acceptors (Lipinski definition) is 2. The second kappa shape index (κ2) is 7.71. The Morgan fingerprint density at radius 2 is 1.64 bits per heavy atom. The van der Waals surface area contributed by atoms with E-state index in [0.29, 0.717) is 17.9 Å². The van der Waals surface area contributed by atoms with Crippen molar-refractivity contribution in [3.05, 3.63) is 64.7 Å². The van der Waals surface area contributed by atoms with Gasteiger partial charge >= 0.3 is 0 Å². The normalized spacial score (nSPS) is 12.4. The molecule has 0 bridgehead atoms. The van der Waals surface area contributed by atoms with Gasteiger partial charge in [-0.15, -0.1) is 0 Å². The van der Waals surface area contributed by atoms with Gasteiger partial charge in [0.2, 0.25) is 10.0 Å². The zero-order valence-corrected chi connectivity index (χ0v) is 16.7. The molecule has 0 aliphatic carbocycles. The number of rotatable bonds is 7. The Kier molecular flexibility index (Phi) is 6.07. The van der Waals surface area contributed by atoms with Gasteiger partial charge in [0.05, 0.1) is 4.90 Å². The largest absolute Gasteiger partial charge is 0.240 e. The lowest BCUT2D eigenvalue weighted by Crippen LogP contribution is -2.26. The van der Waals surface area contributed by atoms with Crippen LogP contribution in [0, 0.1) is 13.8 Å². The molecule has 0 fully saturated rings. The highest BCUT2D eigenvalue weighted by Gasteiger charge is 2.19. The molecular weight excluding hydrogens is 330 g/mol. The minimum atomic E-state index is -3.47. The van der Waals surface area contributed by atoms with E-state index in [1.165, 1.54) is 16.7 Å². The van der Waals surface area contributed by atoms with Crippen molar-refractivity contribution in [1.82, 2.24) is 4.72 Å². The van der Waals surface area contributed by atoms with Gasteiger partial charge < -0.3 is 0 Å². The molecule has 0 heterocycles. The van der Waals surface area contributed by atoms with E-state index < -0.39 is 10.0 Å². The number of sulfonamides is 1. The third kappa shape index (κ3) is 4.93. The SMILES string of the molecule is CCC(C)(C)c1ccc(S(=O)(=O)NCCc2ccc(C)cc2C)cc1. The molecule has 2 aromatic carbocycles. The van der Waals surface area contributed by atoms with Crippen molar-refractivity contribution in [2.24, 2.45) is 0 Å². The Morgan fingerprint density at radius 3 is 2.20 bits per heavy atom. The summed E-state index contributed by atoms with van der Waals surface area (Å²) in [6, 6.07) is 13.5. The molecule has 0 radical (unpaired) electrons. The van der Waals surface area contributed by atoms with Crippen molar-refractivity contribution in [3.8, 4) is 0 Å². The Labute approximate surface area is 152 Å². The summed E-state index contributed by atoms with van der Waals surface area (Å²) < 4.78 is 27.7. The van der Waals surface area contributed by atoms with E-state index in [2.05, 4.69) is 57.5 Å². The molecule has 0 aromatic heterocycles. The molecule has 3 nitrogen and oxygen atoms in total. The third-order valence-electron chi connectivity index (χ3n) is 5.01. The summed E-state index contributed by atoms with van der Waals surface area (Å²) in [5.41, 5.74) is 4.80. The van der Waals surface area contributed by atoms with Gasteiger partial charge in [0.15, 0.2) is 0 Å². The number of aryl methyl sites for hydroxylation is 2. The fourth-order valence-electron chi connectivity index (χ4n) is 2.82. The highest BCUT2D eigenvalue weighted by Crippen LogP contribution is 2.27. The lowest BCUT2D eigenvalue weighted by molar-refractivity contribution is 0.505. The number of nitrogens with one attached hydrogen (secondary N) is 1. The van der Waals surface area contributed by atoms with Crippen LogP contribution in [0.3, 0.4) is 0 Å². The van der Waals surface area contributed by atoms with Gasteiger partial charge in [0.25, 0.3) is 0 Å². The van der Waals surface area contributed by atoms with Crippen molar-refractivity contribution in [1.29, 1.82) is 0 Å². The molecule has 0 saturated heterocycles. The highest BCUT2D eigenvalue weighted by molar-refractivity contribution is 7.89. The Balaban J connectivity index is 2.04. The molecule has 25 heavy (non-hydrogen) atoms. The second-order valence-electron chi connectivity index (χ2n) is 7.34. The maximum atomic E-state index is 12.5. The van der Waals surface area contributed by atoms with E-state index in [4.69, 9.17) is 0 Å². The molecule has 0 amide bonds. The molecule has 0 spiro atoms. The fourth-order valence-corrected chi connectivity index (χ4v) is 3.85. The summed E-state index contributed by atoms with van der Waals surface area (Å²) in [5, 5.41) is 0. The van der Waals surface area contributed by atoms with Crippen LogP contribution in [0.25, 0.3) is 0 Å². The highest BCUT2D eigenvalue weighted by atomic mass is 32.2. The average Bonchev–Trinajstić information content (AvgIpc) is 2.57. The van der Waals surface area contributed by atoms with E-state index in [1.54, 1.807) is 12.1 Å². The van der Waals surface area contributed by atoms with Crippen LogP contribution < -0.4 is 4.72 Å². The van der Waals surface area contributed by atoms with E-state index in [-0.39, 0.29) is 5.41 Å². The van der Waals surface area contributed by atoms with Crippen LogP contribution in [0.15, 0.2) is 47.4 Å². The summed E-state index contributed by atoms with van der Waals surface area (Å²) in [4.78, 5) is 0.323. The van der Waals surface area contributed by atoms with Crippen molar-refractivity contribution >= 4 is 10.0 Å². The molecule has 0 aliphatic rings. The first kappa shape index (κ1) is 19.7. The third-order valence-corrected chi connectivity index (χ3v) is 6.49. The molecule has 136 valence electrons. The molecule has 1 N–H and O–H groups in total. The van der Waals surface area contributed by atoms with Crippen molar-refractivity contribution in [3.63, 3.8) is 0 Å². The molecule has 2 rings (SSSR count). The number of hydrogen-bond donors (Lipinski definition) is 1. The molecule has 0 atom stereocenters. The van der Waals surface area contributed by atoms with Crippen molar-refractivity contribution in [2.75, 3.05) is 6.54 Å². The van der Waals surface area contributed by atoms with Crippen LogP contribution in [0.1, 0.15) is 49.4 Å². The summed E-state index contributed by atoms with van der Waals surface area (Å²) in [7, 11) is -3.47. The van der Waals surface area contributed by atoms with Crippen LogP contribution in [-0.4, -0.2) is 15.0 Å². The number of benzene rings is 2. The Hall–Kier alpha value is -1.65. The first-order chi connectivity index (χ1) is 11.7. The zero-order chi connectivity index (χ0) is 18.7.